The predicted molar refractivity (Wildman–Crippen MR) is 93.5 cm³/mol. The molecule has 6 heteroatoms. The molecular weight excluding hydrogens is 308 g/mol. The highest BCUT2D eigenvalue weighted by atomic mass is 32.1. The molecule has 2 aliphatic rings. The minimum Gasteiger partial charge on any atom is -0.356 e. The maximum Gasteiger partial charge on any atom is 0.223 e. The van der Waals surface area contributed by atoms with E-state index in [0.29, 0.717) is 5.92 Å². The van der Waals surface area contributed by atoms with Crippen LogP contribution in [0, 0.1) is 18.8 Å². The average molecular weight is 337 g/mol. The summed E-state index contributed by atoms with van der Waals surface area (Å²) in [6.07, 6.45) is 4.41. The fraction of sp³-hybridized carbons (Fsp3) is 0.765. The van der Waals surface area contributed by atoms with Gasteiger partial charge in [-0.05, 0) is 64.7 Å². The molecule has 2 fully saturated rings. The summed E-state index contributed by atoms with van der Waals surface area (Å²) in [6, 6.07) is 0. The molecule has 0 saturated carbocycles. The Bertz CT molecular complexity index is 504. The Morgan fingerprint density at radius 2 is 2.26 bits per heavy atom. The van der Waals surface area contributed by atoms with Gasteiger partial charge >= 0.3 is 0 Å². The molecule has 2 N–H and O–H groups in total. The van der Waals surface area contributed by atoms with Crippen molar-refractivity contribution in [1.29, 1.82) is 0 Å². The molecule has 1 amide bonds. The zero-order valence-electron chi connectivity index (χ0n) is 14.0. The number of amides is 1. The molecule has 128 valence electrons. The Morgan fingerprint density at radius 1 is 1.43 bits per heavy atom. The van der Waals surface area contributed by atoms with E-state index in [-0.39, 0.29) is 11.8 Å². The van der Waals surface area contributed by atoms with E-state index in [9.17, 15) is 4.79 Å². The van der Waals surface area contributed by atoms with Gasteiger partial charge < -0.3 is 10.6 Å². The number of rotatable bonds is 5. The smallest absolute Gasteiger partial charge is 0.223 e. The third-order valence-corrected chi connectivity index (χ3v) is 5.80. The van der Waals surface area contributed by atoms with Crippen LogP contribution in [0.15, 0.2) is 5.38 Å². The number of piperidine rings is 2. The van der Waals surface area contributed by atoms with Gasteiger partial charge in [-0.15, -0.1) is 11.3 Å². The van der Waals surface area contributed by atoms with Gasteiger partial charge in [0.15, 0.2) is 0 Å². The zero-order valence-corrected chi connectivity index (χ0v) is 14.8. The highest BCUT2D eigenvalue weighted by Crippen LogP contribution is 2.20. The molecule has 1 aromatic rings. The fourth-order valence-electron chi connectivity index (χ4n) is 3.55. The zero-order chi connectivity index (χ0) is 16.1. The summed E-state index contributed by atoms with van der Waals surface area (Å²) in [7, 11) is 0. The Hall–Kier alpha value is -0.980. The molecule has 2 aliphatic heterocycles. The topological polar surface area (TPSA) is 57.3 Å². The van der Waals surface area contributed by atoms with E-state index in [1.54, 1.807) is 11.3 Å². The van der Waals surface area contributed by atoms with Crippen molar-refractivity contribution in [2.75, 3.05) is 32.7 Å². The van der Waals surface area contributed by atoms with Gasteiger partial charge in [0, 0.05) is 24.4 Å². The number of carbonyl (C=O) groups excluding carboxylic acids is 1. The first kappa shape index (κ1) is 16.9. The van der Waals surface area contributed by atoms with Crippen LogP contribution in [0.5, 0.6) is 0 Å². The largest absolute Gasteiger partial charge is 0.356 e. The number of aryl methyl sites for hydroxylation is 1. The van der Waals surface area contributed by atoms with Gasteiger partial charge in [-0.1, -0.05) is 0 Å². The molecule has 0 spiro atoms. The van der Waals surface area contributed by atoms with Gasteiger partial charge in [-0.3, -0.25) is 9.69 Å². The summed E-state index contributed by atoms with van der Waals surface area (Å²) in [4.78, 5) is 19.3. The van der Waals surface area contributed by atoms with Crippen LogP contribution < -0.4 is 10.6 Å². The van der Waals surface area contributed by atoms with Crippen molar-refractivity contribution in [1.82, 2.24) is 20.5 Å². The molecule has 2 saturated heterocycles. The SMILES string of the molecule is Cc1nc(CN2CCC(C(=O)NCC3CCCNC3)CC2)cs1. The number of hydrogen-bond acceptors (Lipinski definition) is 5. The first-order valence-electron chi connectivity index (χ1n) is 8.82. The highest BCUT2D eigenvalue weighted by Gasteiger charge is 2.25. The molecule has 5 nitrogen and oxygen atoms in total. The van der Waals surface area contributed by atoms with E-state index in [1.165, 1.54) is 18.5 Å². The third kappa shape index (κ3) is 4.99. The number of likely N-dealkylation sites (tertiary alicyclic amines) is 1. The van der Waals surface area contributed by atoms with Crippen LogP contribution >= 0.6 is 11.3 Å². The molecule has 1 atom stereocenters. The summed E-state index contributed by atoms with van der Waals surface area (Å²) in [6.45, 7) is 7.98. The average Bonchev–Trinajstić information content (AvgIpc) is 2.99. The number of hydrogen-bond donors (Lipinski definition) is 2. The maximum atomic E-state index is 12.3. The van der Waals surface area contributed by atoms with Crippen molar-refractivity contribution in [2.45, 2.75) is 39.2 Å². The van der Waals surface area contributed by atoms with Crippen LogP contribution in [-0.2, 0) is 11.3 Å². The van der Waals surface area contributed by atoms with Gasteiger partial charge in [0.05, 0.1) is 10.7 Å². The summed E-state index contributed by atoms with van der Waals surface area (Å²) in [5, 5.41) is 9.86. The Balaban J connectivity index is 1.37. The lowest BCUT2D eigenvalue weighted by atomic mass is 9.95. The summed E-state index contributed by atoms with van der Waals surface area (Å²) in [5.41, 5.74) is 1.17. The molecular formula is C17H28N4OS. The lowest BCUT2D eigenvalue weighted by Crippen LogP contribution is -2.43. The van der Waals surface area contributed by atoms with Crippen LogP contribution in [0.3, 0.4) is 0 Å². The number of nitrogens with zero attached hydrogens (tertiary/aromatic N) is 2. The molecule has 1 aromatic heterocycles. The normalized spacial score (nSPS) is 23.8. The number of nitrogens with one attached hydrogen (secondary N) is 2. The van der Waals surface area contributed by atoms with E-state index >= 15 is 0 Å². The third-order valence-electron chi connectivity index (χ3n) is 4.97. The molecule has 0 radical (unpaired) electrons. The molecule has 0 aliphatic carbocycles. The minimum atomic E-state index is 0.194. The molecule has 3 rings (SSSR count). The second-order valence-electron chi connectivity index (χ2n) is 6.87. The Labute approximate surface area is 142 Å². The number of thiazole rings is 1. The predicted octanol–water partition coefficient (Wildman–Crippen LogP) is 1.78. The van der Waals surface area contributed by atoms with E-state index < -0.39 is 0 Å². The van der Waals surface area contributed by atoms with Crippen molar-refractivity contribution in [3.05, 3.63) is 16.1 Å². The maximum absolute atomic E-state index is 12.3. The van der Waals surface area contributed by atoms with Gasteiger partial charge in [0.1, 0.15) is 0 Å². The summed E-state index contributed by atoms with van der Waals surface area (Å²) < 4.78 is 0. The number of carbonyl (C=O) groups is 1. The van der Waals surface area contributed by atoms with Crippen LogP contribution in [-0.4, -0.2) is 48.5 Å². The lowest BCUT2D eigenvalue weighted by Gasteiger charge is -2.31. The van der Waals surface area contributed by atoms with Crippen molar-refractivity contribution < 1.29 is 4.79 Å². The van der Waals surface area contributed by atoms with E-state index in [2.05, 4.69) is 25.9 Å². The van der Waals surface area contributed by atoms with Gasteiger partial charge in [0.2, 0.25) is 5.91 Å². The van der Waals surface area contributed by atoms with Crippen LogP contribution in [0.4, 0.5) is 0 Å². The second kappa shape index (κ2) is 8.22. The molecule has 1 unspecified atom stereocenters. The quantitative estimate of drug-likeness (QED) is 0.861. The first-order chi connectivity index (χ1) is 11.2. The Morgan fingerprint density at radius 3 is 2.91 bits per heavy atom. The van der Waals surface area contributed by atoms with Crippen molar-refractivity contribution in [2.24, 2.45) is 11.8 Å². The minimum absolute atomic E-state index is 0.194. The molecule has 0 bridgehead atoms. The highest BCUT2D eigenvalue weighted by molar-refractivity contribution is 7.09. The van der Waals surface area contributed by atoms with Crippen molar-refractivity contribution >= 4 is 17.2 Å². The fourth-order valence-corrected chi connectivity index (χ4v) is 4.15. The lowest BCUT2D eigenvalue weighted by molar-refractivity contribution is -0.126. The monoisotopic (exact) mass is 336 g/mol. The van der Waals surface area contributed by atoms with Gasteiger partial charge in [0.25, 0.3) is 0 Å². The first-order valence-corrected chi connectivity index (χ1v) is 9.70. The van der Waals surface area contributed by atoms with Crippen molar-refractivity contribution in [3.63, 3.8) is 0 Å². The number of aromatic nitrogens is 1. The standard InChI is InChI=1S/C17H28N4OS/c1-13-20-16(12-23-13)11-21-7-4-15(5-8-21)17(22)19-10-14-3-2-6-18-9-14/h12,14-15,18H,2-11H2,1H3,(H,19,22). The molecule has 23 heavy (non-hydrogen) atoms. The van der Waals surface area contributed by atoms with Crippen molar-refractivity contribution in [3.8, 4) is 0 Å². The van der Waals surface area contributed by atoms with Crippen LogP contribution in [0.2, 0.25) is 0 Å². The second-order valence-corrected chi connectivity index (χ2v) is 7.93. The summed E-state index contributed by atoms with van der Waals surface area (Å²) >= 11 is 1.71. The van der Waals surface area contributed by atoms with E-state index in [0.717, 1.165) is 57.1 Å². The molecule has 3 heterocycles. The van der Waals surface area contributed by atoms with E-state index in [1.807, 2.05) is 6.92 Å². The van der Waals surface area contributed by atoms with Gasteiger partial charge in [-0.2, -0.15) is 0 Å². The Kier molecular flexibility index (Phi) is 6.02. The van der Waals surface area contributed by atoms with Gasteiger partial charge in [-0.25, -0.2) is 4.98 Å². The van der Waals surface area contributed by atoms with E-state index in [4.69, 9.17) is 0 Å². The van der Waals surface area contributed by atoms with Crippen LogP contribution in [0.1, 0.15) is 36.4 Å². The summed E-state index contributed by atoms with van der Waals surface area (Å²) in [5.74, 6) is 1.07. The van der Waals surface area contributed by atoms with Crippen LogP contribution in [0.25, 0.3) is 0 Å². The molecule has 0 aromatic carbocycles.